The number of alkyl halides is 3. The predicted molar refractivity (Wildman–Crippen MR) is 141 cm³/mol. The summed E-state index contributed by atoms with van der Waals surface area (Å²) < 4.78 is 41.7. The number of hydrogen-bond donors (Lipinski definition) is 1. The van der Waals surface area contributed by atoms with E-state index in [2.05, 4.69) is 49.5 Å². The molecule has 2 nitrogen and oxygen atoms in total. The van der Waals surface area contributed by atoms with E-state index in [9.17, 15) is 13.2 Å². The van der Waals surface area contributed by atoms with Gasteiger partial charge in [-0.05, 0) is 67.9 Å². The minimum atomic E-state index is -4.44. The van der Waals surface area contributed by atoms with Crippen LogP contribution in [0.25, 0.3) is 17.0 Å². The molecule has 2 aliphatic rings. The first-order chi connectivity index (χ1) is 17.3. The van der Waals surface area contributed by atoms with Crippen LogP contribution in [0.2, 0.25) is 0 Å². The third kappa shape index (κ3) is 4.93. The van der Waals surface area contributed by atoms with E-state index in [1.807, 2.05) is 0 Å². The SMILES string of the molecule is CC[C@H]1CC(C)=C(Nc2cc(-c3ccccc3C(F)(F)F)nc(C3CCCCC3)c2)c2ccccc21. The van der Waals surface area contributed by atoms with Crippen molar-refractivity contribution in [2.45, 2.75) is 76.8 Å². The molecule has 0 unspecified atom stereocenters. The Balaban J connectivity index is 1.61. The van der Waals surface area contributed by atoms with Crippen LogP contribution in [0.4, 0.5) is 18.9 Å². The highest BCUT2D eigenvalue weighted by atomic mass is 19.4. The molecule has 5 rings (SSSR count). The summed E-state index contributed by atoms with van der Waals surface area (Å²) in [6.07, 6.45) is 3.13. The van der Waals surface area contributed by atoms with E-state index >= 15 is 0 Å². The summed E-state index contributed by atoms with van der Waals surface area (Å²) in [4.78, 5) is 4.83. The van der Waals surface area contributed by atoms with Crippen LogP contribution in [0.5, 0.6) is 0 Å². The Kier molecular flexibility index (Phi) is 6.92. The van der Waals surface area contributed by atoms with Crippen molar-refractivity contribution in [2.75, 3.05) is 5.32 Å². The maximum absolute atomic E-state index is 13.9. The van der Waals surface area contributed by atoms with E-state index in [0.717, 1.165) is 61.7 Å². The smallest absolute Gasteiger partial charge is 0.355 e. The van der Waals surface area contributed by atoms with Gasteiger partial charge in [0.1, 0.15) is 0 Å². The third-order valence-electron chi connectivity index (χ3n) is 7.79. The highest BCUT2D eigenvalue weighted by Gasteiger charge is 2.34. The van der Waals surface area contributed by atoms with Crippen molar-refractivity contribution in [3.63, 3.8) is 0 Å². The fourth-order valence-electron chi connectivity index (χ4n) is 5.90. The predicted octanol–water partition coefficient (Wildman–Crippen LogP) is 9.56. The zero-order valence-corrected chi connectivity index (χ0v) is 21.0. The van der Waals surface area contributed by atoms with Gasteiger partial charge in [0, 0.05) is 34.1 Å². The number of fused-ring (bicyclic) bond motifs is 1. The van der Waals surface area contributed by atoms with Gasteiger partial charge in [-0.3, -0.25) is 4.98 Å². The summed E-state index contributed by atoms with van der Waals surface area (Å²) >= 11 is 0. The maximum Gasteiger partial charge on any atom is 0.417 e. The maximum atomic E-state index is 13.9. The Bertz CT molecular complexity index is 1270. The zero-order valence-electron chi connectivity index (χ0n) is 21.0. The Morgan fingerprint density at radius 2 is 1.61 bits per heavy atom. The van der Waals surface area contributed by atoms with Crippen LogP contribution >= 0.6 is 0 Å². The number of hydrogen-bond acceptors (Lipinski definition) is 2. The lowest BCUT2D eigenvalue weighted by Crippen LogP contribution is -2.15. The highest BCUT2D eigenvalue weighted by Crippen LogP contribution is 2.42. The van der Waals surface area contributed by atoms with Gasteiger partial charge in [0.05, 0.1) is 11.3 Å². The van der Waals surface area contributed by atoms with E-state index in [1.165, 1.54) is 35.3 Å². The number of nitrogens with zero attached hydrogens (tertiary/aromatic N) is 1. The molecule has 1 saturated carbocycles. The van der Waals surface area contributed by atoms with Gasteiger partial charge < -0.3 is 5.32 Å². The fraction of sp³-hybridized carbons (Fsp3) is 0.387. The molecule has 188 valence electrons. The molecule has 2 aromatic carbocycles. The van der Waals surface area contributed by atoms with E-state index in [1.54, 1.807) is 12.1 Å². The molecule has 0 saturated heterocycles. The fourth-order valence-corrected chi connectivity index (χ4v) is 5.90. The molecular formula is C31H33F3N2. The molecule has 3 aromatic rings. The number of rotatable bonds is 5. The quantitative estimate of drug-likeness (QED) is 0.385. The standard InChI is InChI=1S/C31H33F3N2/c1-3-21-17-20(2)30(25-14-8-7-13-24(21)25)35-23-18-28(22-11-5-4-6-12-22)36-29(19-23)26-15-9-10-16-27(26)31(32,33)34/h7-10,13-16,18-19,21-22H,3-6,11-12,17H2,1-2H3,(H,35,36)/t21-/m0/s1. The number of anilines is 1. The second-order valence-electron chi connectivity index (χ2n) is 10.2. The Morgan fingerprint density at radius 1 is 0.917 bits per heavy atom. The van der Waals surface area contributed by atoms with E-state index < -0.39 is 11.7 Å². The van der Waals surface area contributed by atoms with Crippen LogP contribution in [-0.4, -0.2) is 4.98 Å². The molecule has 2 aliphatic carbocycles. The first-order valence-electron chi connectivity index (χ1n) is 13.1. The van der Waals surface area contributed by atoms with Gasteiger partial charge in [-0.15, -0.1) is 0 Å². The van der Waals surface area contributed by atoms with Gasteiger partial charge in [-0.25, -0.2) is 0 Å². The lowest BCUT2D eigenvalue weighted by atomic mass is 9.80. The molecular weight excluding hydrogens is 457 g/mol. The number of halogens is 3. The van der Waals surface area contributed by atoms with Crippen molar-refractivity contribution in [1.29, 1.82) is 0 Å². The summed E-state index contributed by atoms with van der Waals surface area (Å²) in [5.74, 6) is 0.756. The second-order valence-corrected chi connectivity index (χ2v) is 10.2. The zero-order chi connectivity index (χ0) is 25.3. The molecule has 1 atom stereocenters. The lowest BCUT2D eigenvalue weighted by Gasteiger charge is -2.29. The van der Waals surface area contributed by atoms with Gasteiger partial charge in [-0.2, -0.15) is 13.2 Å². The summed E-state index contributed by atoms with van der Waals surface area (Å²) in [5.41, 5.74) is 6.40. The average molecular weight is 491 g/mol. The minimum absolute atomic E-state index is 0.131. The van der Waals surface area contributed by atoms with Crippen molar-refractivity contribution in [3.8, 4) is 11.3 Å². The first kappa shape index (κ1) is 24.6. The monoisotopic (exact) mass is 490 g/mol. The molecule has 5 heteroatoms. The van der Waals surface area contributed by atoms with Crippen LogP contribution in [0, 0.1) is 0 Å². The minimum Gasteiger partial charge on any atom is -0.355 e. The third-order valence-corrected chi connectivity index (χ3v) is 7.79. The molecule has 1 N–H and O–H groups in total. The first-order valence-corrected chi connectivity index (χ1v) is 13.1. The number of benzene rings is 2. The lowest BCUT2D eigenvalue weighted by molar-refractivity contribution is -0.137. The van der Waals surface area contributed by atoms with Crippen molar-refractivity contribution in [2.24, 2.45) is 0 Å². The second kappa shape index (κ2) is 10.1. The van der Waals surface area contributed by atoms with Gasteiger partial charge in [0.15, 0.2) is 0 Å². The van der Waals surface area contributed by atoms with Gasteiger partial charge in [0.2, 0.25) is 0 Å². The molecule has 0 amide bonds. The number of allylic oxidation sites excluding steroid dienone is 1. The average Bonchev–Trinajstić information content (AvgIpc) is 2.90. The Morgan fingerprint density at radius 3 is 2.33 bits per heavy atom. The molecule has 36 heavy (non-hydrogen) atoms. The summed E-state index contributed by atoms with van der Waals surface area (Å²) in [6, 6.07) is 18.1. The van der Waals surface area contributed by atoms with Crippen molar-refractivity contribution >= 4 is 11.4 Å². The van der Waals surface area contributed by atoms with Gasteiger partial charge >= 0.3 is 6.18 Å². The molecule has 0 spiro atoms. The van der Waals surface area contributed by atoms with E-state index in [-0.39, 0.29) is 11.5 Å². The summed E-state index contributed by atoms with van der Waals surface area (Å²) in [7, 11) is 0. The van der Waals surface area contributed by atoms with Gasteiger partial charge in [-0.1, -0.05) is 68.7 Å². The number of nitrogens with one attached hydrogen (secondary N) is 1. The van der Waals surface area contributed by atoms with Crippen LogP contribution < -0.4 is 5.32 Å². The topological polar surface area (TPSA) is 24.9 Å². The van der Waals surface area contributed by atoms with E-state index in [0.29, 0.717) is 11.6 Å². The van der Waals surface area contributed by atoms with Crippen LogP contribution in [0.3, 0.4) is 0 Å². The summed E-state index contributed by atoms with van der Waals surface area (Å²) in [5, 5.41) is 3.64. The summed E-state index contributed by atoms with van der Waals surface area (Å²) in [6.45, 7) is 4.38. The van der Waals surface area contributed by atoms with Gasteiger partial charge in [0.25, 0.3) is 0 Å². The molecule has 1 heterocycles. The number of pyridine rings is 1. The Labute approximate surface area is 211 Å². The van der Waals surface area contributed by atoms with Crippen LogP contribution in [0.15, 0.2) is 66.2 Å². The van der Waals surface area contributed by atoms with Crippen molar-refractivity contribution in [3.05, 3.63) is 88.6 Å². The molecule has 1 aromatic heterocycles. The number of aromatic nitrogens is 1. The molecule has 0 aliphatic heterocycles. The van der Waals surface area contributed by atoms with Crippen LogP contribution in [0.1, 0.15) is 93.0 Å². The Hall–Kier alpha value is -3.08. The van der Waals surface area contributed by atoms with Crippen molar-refractivity contribution in [1.82, 2.24) is 4.98 Å². The largest absolute Gasteiger partial charge is 0.417 e. The normalized spacial score (nSPS) is 18.8. The highest BCUT2D eigenvalue weighted by molar-refractivity contribution is 5.83. The molecule has 0 radical (unpaired) electrons. The van der Waals surface area contributed by atoms with Crippen molar-refractivity contribution < 1.29 is 13.2 Å². The molecule has 0 bridgehead atoms. The van der Waals surface area contributed by atoms with E-state index in [4.69, 9.17) is 4.98 Å². The molecule has 1 fully saturated rings. The van der Waals surface area contributed by atoms with Crippen LogP contribution in [-0.2, 0) is 6.18 Å².